The van der Waals surface area contributed by atoms with Crippen LogP contribution in [0.4, 0.5) is 0 Å². The first-order valence-electron chi connectivity index (χ1n) is 5.16. The minimum absolute atomic E-state index is 0.223. The van der Waals surface area contributed by atoms with Crippen molar-refractivity contribution in [1.29, 1.82) is 0 Å². The van der Waals surface area contributed by atoms with Gasteiger partial charge in [-0.1, -0.05) is 19.8 Å². The summed E-state index contributed by atoms with van der Waals surface area (Å²) in [4.78, 5) is 28.0. The van der Waals surface area contributed by atoms with E-state index in [2.05, 4.69) is 0 Å². The zero-order valence-corrected chi connectivity index (χ0v) is 11.3. The summed E-state index contributed by atoms with van der Waals surface area (Å²) < 4.78 is 23.2. The number of aliphatic carboxylic acids is 1. The van der Waals surface area contributed by atoms with Crippen LogP contribution in [0.15, 0.2) is 0 Å². The summed E-state index contributed by atoms with van der Waals surface area (Å²) in [5.41, 5.74) is 0. The molecule has 0 aromatic rings. The Balaban J connectivity index is 4.40. The third kappa shape index (κ3) is 9.43. The quantitative estimate of drug-likeness (QED) is 0.416. The van der Waals surface area contributed by atoms with E-state index in [4.69, 9.17) is 14.9 Å². The number of carbonyl (C=O) groups is 1. The molecule has 0 rings (SSSR count). The van der Waals surface area contributed by atoms with Crippen LogP contribution in [0.1, 0.15) is 26.2 Å². The lowest BCUT2D eigenvalue weighted by Gasteiger charge is -2.19. The molecule has 3 N–H and O–H groups in total. The molecule has 9 heteroatoms. The van der Waals surface area contributed by atoms with Crippen LogP contribution in [0.3, 0.4) is 0 Å². The molecule has 0 amide bonds. The van der Waals surface area contributed by atoms with E-state index in [0.717, 1.165) is 17.1 Å². The molecule has 0 aliphatic heterocycles. The number of hydrogen-bond acceptors (Lipinski definition) is 3. The second-order valence-electron chi connectivity index (χ2n) is 3.57. The molecular formula is C8H18NO6PS. The van der Waals surface area contributed by atoms with Crippen molar-refractivity contribution in [3.63, 3.8) is 0 Å². The number of rotatable bonds is 9. The molecule has 0 fully saturated rings. The maximum Gasteiger partial charge on any atom is 0.340 e. The Morgan fingerprint density at radius 3 is 2.35 bits per heavy atom. The van der Waals surface area contributed by atoms with Crippen molar-refractivity contribution in [2.24, 2.45) is 0 Å². The topological polar surface area (TPSA) is 115 Å². The molecule has 0 heterocycles. The zero-order valence-electron chi connectivity index (χ0n) is 9.61. The first-order valence-corrected chi connectivity index (χ1v) is 8.23. The largest absolute Gasteiger partial charge is 0.480 e. The number of carboxylic acids is 1. The molecule has 0 aliphatic rings. The van der Waals surface area contributed by atoms with E-state index in [0.29, 0.717) is 6.42 Å². The highest BCUT2D eigenvalue weighted by Crippen LogP contribution is 2.35. The number of carboxylic acid groups (broad SMARTS) is 1. The van der Waals surface area contributed by atoms with Crippen molar-refractivity contribution in [2.45, 2.75) is 26.2 Å². The Morgan fingerprint density at radius 1 is 1.35 bits per heavy atom. The third-order valence-electron chi connectivity index (χ3n) is 1.86. The Hall–Kier alpha value is -0.270. The second kappa shape index (κ2) is 7.94. The van der Waals surface area contributed by atoms with Crippen LogP contribution in [-0.4, -0.2) is 48.0 Å². The van der Waals surface area contributed by atoms with Gasteiger partial charge in [0.2, 0.25) is 0 Å². The van der Waals surface area contributed by atoms with Gasteiger partial charge in [0.25, 0.3) is 0 Å². The molecule has 7 nitrogen and oxygen atoms in total. The molecular weight excluding hydrogens is 269 g/mol. The van der Waals surface area contributed by atoms with E-state index in [-0.39, 0.29) is 5.75 Å². The monoisotopic (exact) mass is 287 g/mol. The van der Waals surface area contributed by atoms with Crippen molar-refractivity contribution in [3.8, 4) is 0 Å². The molecule has 0 aliphatic carbocycles. The minimum Gasteiger partial charge on any atom is -0.480 e. The van der Waals surface area contributed by atoms with Crippen LogP contribution < -0.4 is 0 Å². The predicted molar refractivity (Wildman–Crippen MR) is 63.8 cm³/mol. The van der Waals surface area contributed by atoms with E-state index in [1.807, 2.05) is 6.92 Å². The lowest BCUT2D eigenvalue weighted by Crippen LogP contribution is -2.33. The molecule has 17 heavy (non-hydrogen) atoms. The highest BCUT2D eigenvalue weighted by atomic mass is 32.2. The average Bonchev–Trinajstić information content (AvgIpc) is 2.14. The highest BCUT2D eigenvalue weighted by Gasteiger charge is 2.25. The van der Waals surface area contributed by atoms with Gasteiger partial charge in [0, 0.05) is 5.75 Å². The molecule has 0 spiro atoms. The highest BCUT2D eigenvalue weighted by molar-refractivity contribution is 7.83. The molecule has 0 saturated heterocycles. The van der Waals surface area contributed by atoms with Crippen molar-refractivity contribution in [1.82, 2.24) is 4.31 Å². The van der Waals surface area contributed by atoms with E-state index < -0.39 is 37.4 Å². The fourth-order valence-electron chi connectivity index (χ4n) is 1.15. The first kappa shape index (κ1) is 16.7. The van der Waals surface area contributed by atoms with Crippen molar-refractivity contribution in [3.05, 3.63) is 0 Å². The zero-order chi connectivity index (χ0) is 13.5. The lowest BCUT2D eigenvalue weighted by atomic mass is 10.3. The van der Waals surface area contributed by atoms with Gasteiger partial charge < -0.3 is 14.9 Å². The summed E-state index contributed by atoms with van der Waals surface area (Å²) in [5.74, 6) is -1.04. The van der Waals surface area contributed by atoms with Crippen molar-refractivity contribution in [2.75, 3.05) is 18.6 Å². The number of unbranched alkanes of at least 4 members (excludes halogenated alkanes) is 2. The summed E-state index contributed by atoms with van der Waals surface area (Å²) in [6.45, 7) is 1.33. The van der Waals surface area contributed by atoms with Crippen molar-refractivity contribution >= 4 is 24.6 Å². The minimum atomic E-state index is -4.40. The van der Waals surface area contributed by atoms with Crippen molar-refractivity contribution < 1.29 is 28.5 Å². The standard InChI is InChI=1S/C8H18NO6PS/c1-2-3-4-5-17(15)9(6-8(10)11)7-16(12,13)14/h2-7H2,1H3,(H,10,11)(H2,12,13,14). The van der Waals surface area contributed by atoms with Gasteiger partial charge in [-0.2, -0.15) is 0 Å². The summed E-state index contributed by atoms with van der Waals surface area (Å²) >= 11 is 0. The maximum atomic E-state index is 11.7. The summed E-state index contributed by atoms with van der Waals surface area (Å²) in [6.07, 6.45) is 1.62. The van der Waals surface area contributed by atoms with Gasteiger partial charge in [-0.3, -0.25) is 9.36 Å². The number of hydrogen-bond donors (Lipinski definition) is 3. The van der Waals surface area contributed by atoms with Crippen LogP contribution in [0.25, 0.3) is 0 Å². The van der Waals surface area contributed by atoms with Gasteiger partial charge >= 0.3 is 13.6 Å². The molecule has 0 saturated carbocycles. The van der Waals surface area contributed by atoms with E-state index >= 15 is 0 Å². The van der Waals surface area contributed by atoms with E-state index in [1.54, 1.807) is 0 Å². The fourth-order valence-corrected chi connectivity index (χ4v) is 3.59. The Bertz CT molecular complexity index is 317. The second-order valence-corrected chi connectivity index (χ2v) is 6.75. The normalized spacial score (nSPS) is 13.9. The third-order valence-corrected chi connectivity index (χ3v) is 4.24. The van der Waals surface area contributed by atoms with Gasteiger partial charge in [0.05, 0.1) is 11.0 Å². The smallest absolute Gasteiger partial charge is 0.340 e. The Kier molecular flexibility index (Phi) is 7.82. The van der Waals surface area contributed by atoms with Gasteiger partial charge in [-0.25, -0.2) is 8.51 Å². The SMILES string of the molecule is CCCCCS(=O)N(CC(=O)O)CP(=O)(O)O. The molecule has 0 aromatic heterocycles. The van der Waals surface area contributed by atoms with Crippen LogP contribution >= 0.6 is 7.60 Å². The summed E-state index contributed by atoms with van der Waals surface area (Å²) in [5, 5.41) is 8.57. The van der Waals surface area contributed by atoms with Gasteiger partial charge in [-0.05, 0) is 6.42 Å². The first-order chi connectivity index (χ1) is 7.76. The van der Waals surface area contributed by atoms with Gasteiger partial charge in [0.1, 0.15) is 12.8 Å². The predicted octanol–water partition coefficient (Wildman–Crippen LogP) is 0.362. The maximum absolute atomic E-state index is 11.7. The molecule has 1 atom stereocenters. The fraction of sp³-hybridized carbons (Fsp3) is 0.875. The Labute approximate surface area is 103 Å². The Morgan fingerprint density at radius 2 is 1.94 bits per heavy atom. The molecule has 0 aromatic carbocycles. The average molecular weight is 287 g/mol. The van der Waals surface area contributed by atoms with Crippen LogP contribution in [-0.2, 0) is 20.3 Å². The number of nitrogens with zero attached hydrogens (tertiary/aromatic N) is 1. The summed E-state index contributed by atoms with van der Waals surface area (Å²) in [6, 6.07) is 0. The molecule has 102 valence electrons. The lowest BCUT2D eigenvalue weighted by molar-refractivity contribution is -0.137. The van der Waals surface area contributed by atoms with Gasteiger partial charge in [-0.15, -0.1) is 0 Å². The van der Waals surface area contributed by atoms with E-state index in [9.17, 15) is 13.6 Å². The molecule has 0 radical (unpaired) electrons. The van der Waals surface area contributed by atoms with Crippen LogP contribution in [0.2, 0.25) is 0 Å². The summed E-state index contributed by atoms with van der Waals surface area (Å²) in [7, 11) is -6.07. The van der Waals surface area contributed by atoms with E-state index in [1.165, 1.54) is 0 Å². The van der Waals surface area contributed by atoms with Crippen LogP contribution in [0, 0.1) is 0 Å². The van der Waals surface area contributed by atoms with Crippen LogP contribution in [0.5, 0.6) is 0 Å². The molecule has 1 unspecified atom stereocenters. The van der Waals surface area contributed by atoms with Gasteiger partial charge in [0.15, 0.2) is 0 Å². The molecule has 0 bridgehead atoms.